The van der Waals surface area contributed by atoms with Crippen LogP contribution in [0.3, 0.4) is 0 Å². The molecular formula is C29H32BrClN2O3. The summed E-state index contributed by atoms with van der Waals surface area (Å²) in [5, 5.41) is 3.59. The molecule has 0 aliphatic carbocycles. The Kier molecular flexibility index (Phi) is 9.57. The van der Waals surface area contributed by atoms with E-state index in [4.69, 9.17) is 16.3 Å². The van der Waals surface area contributed by atoms with Crippen molar-refractivity contribution in [1.82, 2.24) is 10.2 Å². The van der Waals surface area contributed by atoms with E-state index in [1.807, 2.05) is 88.4 Å². The molecule has 36 heavy (non-hydrogen) atoms. The van der Waals surface area contributed by atoms with Gasteiger partial charge in [0.2, 0.25) is 5.91 Å². The number of aryl methyl sites for hydroxylation is 1. The first kappa shape index (κ1) is 27.8. The molecule has 0 fully saturated rings. The van der Waals surface area contributed by atoms with E-state index in [0.717, 1.165) is 21.2 Å². The number of nitrogens with one attached hydrogen (secondary N) is 1. The molecule has 0 spiro atoms. The minimum atomic E-state index is -0.759. The highest BCUT2D eigenvalue weighted by atomic mass is 79.9. The highest BCUT2D eigenvalue weighted by molar-refractivity contribution is 9.10. The van der Waals surface area contributed by atoms with Gasteiger partial charge in [-0.25, -0.2) is 0 Å². The van der Waals surface area contributed by atoms with Crippen LogP contribution in [0, 0.1) is 6.92 Å². The van der Waals surface area contributed by atoms with Gasteiger partial charge < -0.3 is 15.0 Å². The number of hydrogen-bond donors (Lipinski definition) is 1. The zero-order valence-corrected chi connectivity index (χ0v) is 23.4. The molecule has 0 saturated carbocycles. The van der Waals surface area contributed by atoms with E-state index in [1.165, 1.54) is 0 Å². The van der Waals surface area contributed by atoms with Crippen molar-refractivity contribution in [3.05, 3.63) is 99.0 Å². The Bertz CT molecular complexity index is 1190. The number of carbonyl (C=O) groups is 2. The fourth-order valence-corrected chi connectivity index (χ4v) is 4.19. The SMILES string of the molecule is Cc1cc(OCC(=O)N(Cc2ccccc2Cl)[C@@H](Cc2ccccc2)C(=O)NC(C)(C)C)ccc1Br. The van der Waals surface area contributed by atoms with Crippen molar-refractivity contribution in [1.29, 1.82) is 0 Å². The van der Waals surface area contributed by atoms with Gasteiger partial charge in [-0.15, -0.1) is 0 Å². The number of carbonyl (C=O) groups excluding carboxylic acids is 2. The second-order valence-corrected chi connectivity index (χ2v) is 11.0. The Balaban J connectivity index is 1.94. The number of nitrogens with zero attached hydrogens (tertiary/aromatic N) is 1. The van der Waals surface area contributed by atoms with Gasteiger partial charge in [0.05, 0.1) is 0 Å². The third-order valence-corrected chi connectivity index (χ3v) is 6.82. The van der Waals surface area contributed by atoms with E-state index in [1.54, 1.807) is 17.0 Å². The number of amides is 2. The van der Waals surface area contributed by atoms with Crippen LogP contribution in [0.1, 0.15) is 37.5 Å². The van der Waals surface area contributed by atoms with E-state index in [0.29, 0.717) is 17.2 Å². The van der Waals surface area contributed by atoms with Crippen LogP contribution in [-0.4, -0.2) is 34.9 Å². The normalized spacial score (nSPS) is 12.1. The summed E-state index contributed by atoms with van der Waals surface area (Å²) in [6.45, 7) is 7.68. The van der Waals surface area contributed by atoms with Gasteiger partial charge in [0.1, 0.15) is 11.8 Å². The molecule has 5 nitrogen and oxygen atoms in total. The monoisotopic (exact) mass is 570 g/mol. The summed E-state index contributed by atoms with van der Waals surface area (Å²) >= 11 is 9.93. The first-order valence-electron chi connectivity index (χ1n) is 11.8. The molecule has 3 aromatic rings. The molecule has 3 rings (SSSR count). The molecule has 0 unspecified atom stereocenters. The van der Waals surface area contributed by atoms with Gasteiger partial charge >= 0.3 is 0 Å². The molecular weight excluding hydrogens is 540 g/mol. The number of rotatable bonds is 9. The number of hydrogen-bond acceptors (Lipinski definition) is 3. The Labute approximate surface area is 226 Å². The summed E-state index contributed by atoms with van der Waals surface area (Å²) in [5.74, 6) is 0.0484. The van der Waals surface area contributed by atoms with E-state index < -0.39 is 11.6 Å². The lowest BCUT2D eigenvalue weighted by atomic mass is 10.0. The fraction of sp³-hybridized carbons (Fsp3) is 0.310. The molecule has 1 atom stereocenters. The second kappa shape index (κ2) is 12.4. The van der Waals surface area contributed by atoms with Crippen LogP contribution in [0.2, 0.25) is 5.02 Å². The van der Waals surface area contributed by atoms with Crippen LogP contribution in [0.5, 0.6) is 5.75 Å². The number of ether oxygens (including phenoxy) is 1. The maximum Gasteiger partial charge on any atom is 0.261 e. The van der Waals surface area contributed by atoms with Crippen LogP contribution in [0.15, 0.2) is 77.3 Å². The van der Waals surface area contributed by atoms with Gasteiger partial charge in [0.15, 0.2) is 6.61 Å². The zero-order chi connectivity index (χ0) is 26.3. The summed E-state index contributed by atoms with van der Waals surface area (Å²) in [7, 11) is 0. The lowest BCUT2D eigenvalue weighted by Crippen LogP contribution is -2.55. The lowest BCUT2D eigenvalue weighted by Gasteiger charge is -2.34. The predicted octanol–water partition coefficient (Wildman–Crippen LogP) is 6.34. The zero-order valence-electron chi connectivity index (χ0n) is 21.1. The summed E-state index contributed by atoms with van der Waals surface area (Å²) < 4.78 is 6.82. The maximum atomic E-state index is 13.7. The van der Waals surface area contributed by atoms with Crippen molar-refractivity contribution >= 4 is 39.3 Å². The molecule has 0 bridgehead atoms. The third kappa shape index (κ3) is 8.10. The molecule has 0 radical (unpaired) electrons. The van der Waals surface area contributed by atoms with E-state index in [-0.39, 0.29) is 25.0 Å². The van der Waals surface area contributed by atoms with Gasteiger partial charge in [-0.1, -0.05) is 76.1 Å². The summed E-state index contributed by atoms with van der Waals surface area (Å²) in [5.41, 5.74) is 2.25. The minimum Gasteiger partial charge on any atom is -0.484 e. The summed E-state index contributed by atoms with van der Waals surface area (Å²) in [6, 6.07) is 21.8. The second-order valence-electron chi connectivity index (χ2n) is 9.76. The van der Waals surface area contributed by atoms with E-state index >= 15 is 0 Å². The summed E-state index contributed by atoms with van der Waals surface area (Å²) in [4.78, 5) is 28.8. The Morgan fingerprint density at radius 1 is 1.03 bits per heavy atom. The Morgan fingerprint density at radius 2 is 1.69 bits per heavy atom. The van der Waals surface area contributed by atoms with Gasteiger partial charge in [-0.05, 0) is 68.7 Å². The molecule has 0 heterocycles. The molecule has 2 amide bonds. The Hall–Kier alpha value is -2.83. The maximum absolute atomic E-state index is 13.7. The average Bonchev–Trinajstić information content (AvgIpc) is 2.82. The number of benzene rings is 3. The average molecular weight is 572 g/mol. The fourth-order valence-electron chi connectivity index (χ4n) is 3.75. The topological polar surface area (TPSA) is 58.6 Å². The highest BCUT2D eigenvalue weighted by Gasteiger charge is 2.32. The summed E-state index contributed by atoms with van der Waals surface area (Å²) in [6.07, 6.45) is 0.357. The first-order chi connectivity index (χ1) is 17.0. The molecule has 190 valence electrons. The first-order valence-corrected chi connectivity index (χ1v) is 13.0. The van der Waals surface area contributed by atoms with Gasteiger partial charge in [0.25, 0.3) is 5.91 Å². The van der Waals surface area contributed by atoms with E-state index in [2.05, 4.69) is 21.2 Å². The van der Waals surface area contributed by atoms with Crippen LogP contribution < -0.4 is 10.1 Å². The van der Waals surface area contributed by atoms with Crippen molar-refractivity contribution in [2.75, 3.05) is 6.61 Å². The molecule has 0 aliphatic heterocycles. The minimum absolute atomic E-state index is 0.177. The number of halogens is 2. The van der Waals surface area contributed by atoms with Crippen LogP contribution >= 0.6 is 27.5 Å². The smallest absolute Gasteiger partial charge is 0.261 e. The highest BCUT2D eigenvalue weighted by Crippen LogP contribution is 2.23. The van der Waals surface area contributed by atoms with E-state index in [9.17, 15) is 9.59 Å². The van der Waals surface area contributed by atoms with Crippen molar-refractivity contribution in [2.45, 2.75) is 52.2 Å². The standard InChI is InChI=1S/C29H32BrClN2O3/c1-20-16-23(14-15-24(20)30)36-19-27(34)33(18-22-12-8-9-13-25(22)31)26(28(35)32-29(2,3)4)17-21-10-6-5-7-11-21/h5-16,26H,17-19H2,1-4H3,(H,32,35)/t26-/m0/s1. The van der Waals surface area contributed by atoms with Gasteiger partial charge in [0, 0.05) is 28.0 Å². The Morgan fingerprint density at radius 3 is 2.33 bits per heavy atom. The van der Waals surface area contributed by atoms with Crippen LogP contribution in [0.25, 0.3) is 0 Å². The molecule has 7 heteroatoms. The third-order valence-electron chi connectivity index (χ3n) is 5.56. The largest absolute Gasteiger partial charge is 0.484 e. The quantitative estimate of drug-likeness (QED) is 0.326. The predicted molar refractivity (Wildman–Crippen MR) is 148 cm³/mol. The van der Waals surface area contributed by atoms with Gasteiger partial charge in [-0.3, -0.25) is 9.59 Å². The molecule has 0 aromatic heterocycles. The van der Waals surface area contributed by atoms with Crippen molar-refractivity contribution in [2.24, 2.45) is 0 Å². The van der Waals surface area contributed by atoms with Crippen molar-refractivity contribution in [3.63, 3.8) is 0 Å². The van der Waals surface area contributed by atoms with Crippen LogP contribution in [-0.2, 0) is 22.6 Å². The van der Waals surface area contributed by atoms with Crippen molar-refractivity contribution in [3.8, 4) is 5.75 Å². The van der Waals surface area contributed by atoms with Crippen LogP contribution in [0.4, 0.5) is 0 Å². The molecule has 1 N–H and O–H groups in total. The van der Waals surface area contributed by atoms with Gasteiger partial charge in [-0.2, -0.15) is 0 Å². The van der Waals surface area contributed by atoms with Crippen molar-refractivity contribution < 1.29 is 14.3 Å². The molecule has 0 aliphatic rings. The molecule has 0 saturated heterocycles. The lowest BCUT2D eigenvalue weighted by molar-refractivity contribution is -0.143. The molecule has 3 aromatic carbocycles.